The van der Waals surface area contributed by atoms with E-state index in [0.717, 1.165) is 6.42 Å². The Hall–Kier alpha value is -3.91. The Bertz CT molecular complexity index is 1210. The Morgan fingerprint density at radius 1 is 1.28 bits per heavy atom. The number of aliphatic hydroxyl groups is 1. The number of amides is 2. The van der Waals surface area contributed by atoms with Gasteiger partial charge in [-0.25, -0.2) is 14.2 Å². The summed E-state index contributed by atoms with van der Waals surface area (Å²) in [4.78, 5) is 35.2. The quantitative estimate of drug-likeness (QED) is 0.279. The van der Waals surface area contributed by atoms with Crippen LogP contribution in [0.1, 0.15) is 58.9 Å². The Labute approximate surface area is 228 Å². The number of β-amino-alcohol motifs (C(OH)–C–C–N with tert-alkyl or cyclic N) is 1. The molecule has 1 fully saturated rings. The highest BCUT2D eigenvalue weighted by molar-refractivity contribution is 5.86. The molecule has 0 unspecified atom stereocenters. The van der Waals surface area contributed by atoms with Crippen LogP contribution < -0.4 is 16.0 Å². The van der Waals surface area contributed by atoms with Crippen molar-refractivity contribution in [2.45, 2.75) is 71.1 Å². The number of hydrogen-bond acceptors (Lipinski definition) is 8. The van der Waals surface area contributed by atoms with Gasteiger partial charge in [0.15, 0.2) is 0 Å². The average Bonchev–Trinajstić information content (AvgIpc) is 3.26. The maximum atomic E-state index is 13.5. The number of anilines is 3. The topological polar surface area (TPSA) is 129 Å². The number of nitrogens with zero attached hydrogens (tertiary/aromatic N) is 3. The molecule has 0 saturated carbocycles. The smallest absolute Gasteiger partial charge is 0.411 e. The van der Waals surface area contributed by atoms with Crippen molar-refractivity contribution in [3.8, 4) is 11.8 Å². The predicted molar refractivity (Wildman–Crippen MR) is 147 cm³/mol. The maximum absolute atomic E-state index is 13.5. The number of nitrogens with one attached hydrogen (secondary N) is 3. The number of carbonyl (C=O) groups is 2. The van der Waals surface area contributed by atoms with Crippen LogP contribution in [0, 0.1) is 17.7 Å². The number of likely N-dealkylation sites (tertiary alicyclic amines) is 1. The van der Waals surface area contributed by atoms with Gasteiger partial charge in [0.05, 0.1) is 24.4 Å². The fourth-order valence-electron chi connectivity index (χ4n) is 3.86. The number of aromatic nitrogens is 2. The summed E-state index contributed by atoms with van der Waals surface area (Å²) in [5.74, 6) is 6.37. The lowest BCUT2D eigenvalue weighted by Gasteiger charge is -2.27. The van der Waals surface area contributed by atoms with E-state index in [0.29, 0.717) is 48.9 Å². The third kappa shape index (κ3) is 9.41. The van der Waals surface area contributed by atoms with Gasteiger partial charge >= 0.3 is 6.09 Å². The number of hydrogen-bond donors (Lipinski definition) is 4. The van der Waals surface area contributed by atoms with Crippen LogP contribution in [-0.2, 0) is 9.53 Å². The van der Waals surface area contributed by atoms with E-state index in [2.05, 4.69) is 37.8 Å². The van der Waals surface area contributed by atoms with Crippen molar-refractivity contribution in [2.75, 3.05) is 30.3 Å². The van der Waals surface area contributed by atoms with Crippen molar-refractivity contribution in [3.63, 3.8) is 0 Å². The molecule has 1 saturated heterocycles. The van der Waals surface area contributed by atoms with Gasteiger partial charge < -0.3 is 25.8 Å². The number of halogens is 1. The lowest BCUT2D eigenvalue weighted by molar-refractivity contribution is -0.125. The van der Waals surface area contributed by atoms with Crippen molar-refractivity contribution in [1.29, 1.82) is 0 Å². The first-order chi connectivity index (χ1) is 18.6. The molecule has 39 heavy (non-hydrogen) atoms. The monoisotopic (exact) mass is 540 g/mol. The molecule has 2 heterocycles. The van der Waals surface area contributed by atoms with E-state index in [1.165, 1.54) is 17.0 Å². The SMILES string of the molecule is CCCNc1nc(Nc2cccc(F)c2)ncc1C#CCCCNC(=O)[C@@H]1C[C@H](O)CN1C(=O)OC(C)(C)C. The molecule has 210 valence electrons. The second kappa shape index (κ2) is 13.8. The van der Waals surface area contributed by atoms with Crippen molar-refractivity contribution in [2.24, 2.45) is 0 Å². The molecule has 2 aromatic rings. The summed E-state index contributed by atoms with van der Waals surface area (Å²) < 4.78 is 18.9. The average molecular weight is 541 g/mol. The summed E-state index contributed by atoms with van der Waals surface area (Å²) >= 11 is 0. The largest absolute Gasteiger partial charge is 0.444 e. The van der Waals surface area contributed by atoms with Crippen LogP contribution in [-0.4, -0.2) is 69.4 Å². The molecule has 1 aromatic carbocycles. The minimum Gasteiger partial charge on any atom is -0.444 e. The Morgan fingerprint density at radius 3 is 2.79 bits per heavy atom. The van der Waals surface area contributed by atoms with Gasteiger partial charge in [-0.15, -0.1) is 0 Å². The van der Waals surface area contributed by atoms with Crippen LogP contribution in [0.5, 0.6) is 0 Å². The number of aliphatic hydroxyl groups excluding tert-OH is 1. The van der Waals surface area contributed by atoms with E-state index in [-0.39, 0.29) is 24.7 Å². The molecule has 1 aromatic heterocycles. The second-order valence-corrected chi connectivity index (χ2v) is 10.3. The maximum Gasteiger partial charge on any atom is 0.411 e. The fourth-order valence-corrected chi connectivity index (χ4v) is 3.86. The number of carbonyl (C=O) groups excluding carboxylic acids is 2. The summed E-state index contributed by atoms with van der Waals surface area (Å²) in [6.07, 6.45) is 2.40. The molecule has 2 amide bonds. The first-order valence-electron chi connectivity index (χ1n) is 13.1. The van der Waals surface area contributed by atoms with Gasteiger partial charge in [-0.3, -0.25) is 9.69 Å². The lowest BCUT2D eigenvalue weighted by Crippen LogP contribution is -2.47. The van der Waals surface area contributed by atoms with Crippen molar-refractivity contribution in [1.82, 2.24) is 20.2 Å². The highest BCUT2D eigenvalue weighted by atomic mass is 19.1. The zero-order valence-corrected chi connectivity index (χ0v) is 22.9. The zero-order valence-electron chi connectivity index (χ0n) is 22.9. The molecule has 1 aliphatic heterocycles. The van der Waals surface area contributed by atoms with E-state index in [9.17, 15) is 19.1 Å². The number of ether oxygens (including phenoxy) is 1. The molecule has 0 aliphatic carbocycles. The van der Waals surface area contributed by atoms with E-state index in [1.54, 1.807) is 39.1 Å². The highest BCUT2D eigenvalue weighted by Gasteiger charge is 2.40. The minimum absolute atomic E-state index is 0.0610. The standard InChI is InChI=1S/C28H37FN6O4/c1-5-13-30-24-19(17-32-26(34-24)33-21-12-9-11-20(29)15-21)10-7-6-8-14-31-25(37)23-16-22(36)18-35(23)27(38)39-28(2,3)4/h9,11-12,15,17,22-23,36H,5-6,8,13-14,16,18H2,1-4H3,(H,31,37)(H2,30,32,33,34)/t22-,23-/m0/s1. The van der Waals surface area contributed by atoms with E-state index >= 15 is 0 Å². The third-order valence-electron chi connectivity index (χ3n) is 5.62. The first-order valence-corrected chi connectivity index (χ1v) is 13.1. The van der Waals surface area contributed by atoms with E-state index in [1.807, 2.05) is 6.92 Å². The van der Waals surface area contributed by atoms with Gasteiger partial charge in [0.2, 0.25) is 11.9 Å². The molecule has 0 radical (unpaired) electrons. The predicted octanol–water partition coefficient (Wildman–Crippen LogP) is 3.80. The van der Waals surface area contributed by atoms with Crippen LogP contribution in [0.3, 0.4) is 0 Å². The third-order valence-corrected chi connectivity index (χ3v) is 5.62. The molecule has 0 bridgehead atoms. The Morgan fingerprint density at radius 2 is 2.08 bits per heavy atom. The summed E-state index contributed by atoms with van der Waals surface area (Å²) in [6, 6.07) is 5.28. The molecule has 3 rings (SSSR count). The zero-order chi connectivity index (χ0) is 28.4. The lowest BCUT2D eigenvalue weighted by atomic mass is 10.2. The second-order valence-electron chi connectivity index (χ2n) is 10.3. The number of unbranched alkanes of at least 4 members (excludes halogenated alkanes) is 1. The normalized spacial score (nSPS) is 16.7. The van der Waals surface area contributed by atoms with Crippen LogP contribution in [0.4, 0.5) is 26.6 Å². The molecule has 1 aliphatic rings. The Balaban J connectivity index is 1.53. The fraction of sp³-hybridized carbons (Fsp3) is 0.500. The summed E-state index contributed by atoms with van der Waals surface area (Å²) in [6.45, 7) is 8.43. The molecule has 0 spiro atoms. The van der Waals surface area contributed by atoms with E-state index < -0.39 is 23.8 Å². The van der Waals surface area contributed by atoms with Gasteiger partial charge in [0.25, 0.3) is 0 Å². The van der Waals surface area contributed by atoms with Crippen LogP contribution >= 0.6 is 0 Å². The number of benzene rings is 1. The number of rotatable bonds is 9. The van der Waals surface area contributed by atoms with Gasteiger partial charge in [-0.1, -0.05) is 24.8 Å². The Kier molecular flexibility index (Phi) is 10.5. The first kappa shape index (κ1) is 29.6. The molecule has 4 N–H and O–H groups in total. The van der Waals surface area contributed by atoms with Gasteiger partial charge in [-0.2, -0.15) is 4.98 Å². The van der Waals surface area contributed by atoms with Gasteiger partial charge in [-0.05, 0) is 51.8 Å². The van der Waals surface area contributed by atoms with Crippen LogP contribution in [0.15, 0.2) is 30.5 Å². The summed E-state index contributed by atoms with van der Waals surface area (Å²) in [5, 5.41) is 19.1. The molecular formula is C28H37FN6O4. The van der Waals surface area contributed by atoms with Crippen LogP contribution in [0.2, 0.25) is 0 Å². The molecule has 10 nitrogen and oxygen atoms in total. The van der Waals surface area contributed by atoms with Crippen molar-refractivity contribution >= 4 is 29.5 Å². The highest BCUT2D eigenvalue weighted by Crippen LogP contribution is 2.22. The van der Waals surface area contributed by atoms with Crippen molar-refractivity contribution < 1.29 is 23.8 Å². The van der Waals surface area contributed by atoms with Crippen LogP contribution in [0.25, 0.3) is 0 Å². The summed E-state index contributed by atoms with van der Waals surface area (Å²) in [7, 11) is 0. The van der Waals surface area contributed by atoms with Gasteiger partial charge in [0, 0.05) is 31.6 Å². The molecule has 2 atom stereocenters. The molecular weight excluding hydrogens is 503 g/mol. The van der Waals surface area contributed by atoms with Crippen molar-refractivity contribution in [3.05, 3.63) is 41.8 Å². The van der Waals surface area contributed by atoms with Gasteiger partial charge in [0.1, 0.15) is 23.3 Å². The minimum atomic E-state index is -0.773. The molecule has 11 heteroatoms. The van der Waals surface area contributed by atoms with E-state index in [4.69, 9.17) is 4.74 Å². The summed E-state index contributed by atoms with van der Waals surface area (Å²) in [5.41, 5.74) is 0.475.